The van der Waals surface area contributed by atoms with Gasteiger partial charge >= 0.3 is 5.69 Å². The Kier molecular flexibility index (Phi) is 6.16. The van der Waals surface area contributed by atoms with Crippen LogP contribution in [-0.2, 0) is 11.3 Å². The molecule has 7 heteroatoms. The number of nitrogens with zero attached hydrogens (tertiary/aromatic N) is 1. The molecule has 0 spiro atoms. The Hall–Kier alpha value is -2.83. The molecule has 0 fully saturated rings. The van der Waals surface area contributed by atoms with Gasteiger partial charge in [-0.1, -0.05) is 17.7 Å². The van der Waals surface area contributed by atoms with E-state index in [4.69, 9.17) is 4.74 Å². The third kappa shape index (κ3) is 5.07. The molecule has 1 heterocycles. The normalized spacial score (nSPS) is 11.8. The Morgan fingerprint density at radius 3 is 2.76 bits per heavy atom. The van der Waals surface area contributed by atoms with Crippen molar-refractivity contribution in [3.05, 3.63) is 62.4 Å². The largest absolute Gasteiger partial charge is 0.494 e. The minimum absolute atomic E-state index is 0.131. The summed E-state index contributed by atoms with van der Waals surface area (Å²) in [6, 6.07) is 6.88. The zero-order valence-corrected chi connectivity index (χ0v) is 14.7. The second-order valence-corrected chi connectivity index (χ2v) is 5.82. The molecule has 2 aromatic rings. The third-order valence-electron chi connectivity index (χ3n) is 3.79. The van der Waals surface area contributed by atoms with Crippen molar-refractivity contribution in [1.82, 2.24) is 14.9 Å². The quantitative estimate of drug-likeness (QED) is 0.795. The molecule has 0 saturated carbocycles. The van der Waals surface area contributed by atoms with Crippen molar-refractivity contribution in [2.45, 2.75) is 39.8 Å². The zero-order chi connectivity index (χ0) is 18.4. The highest BCUT2D eigenvalue weighted by atomic mass is 16.5. The lowest BCUT2D eigenvalue weighted by Crippen LogP contribution is -2.32. The number of nitrogens with one attached hydrogen (secondary N) is 2. The smallest absolute Gasteiger partial charge is 0.328 e. The first-order valence-corrected chi connectivity index (χ1v) is 8.23. The van der Waals surface area contributed by atoms with E-state index in [9.17, 15) is 14.4 Å². The van der Waals surface area contributed by atoms with Gasteiger partial charge in [0.1, 0.15) is 5.75 Å². The number of benzene rings is 1. The lowest BCUT2D eigenvalue weighted by atomic mass is 10.0. The van der Waals surface area contributed by atoms with Gasteiger partial charge in [0.15, 0.2) is 0 Å². The number of carbonyl (C=O) groups excluding carboxylic acids is 1. The van der Waals surface area contributed by atoms with E-state index < -0.39 is 11.2 Å². The number of carbonyl (C=O) groups is 1. The van der Waals surface area contributed by atoms with Crippen molar-refractivity contribution in [3.63, 3.8) is 0 Å². The van der Waals surface area contributed by atoms with Gasteiger partial charge in [-0.05, 0) is 26.8 Å². The Labute approximate surface area is 145 Å². The average molecular weight is 345 g/mol. The fourth-order valence-electron chi connectivity index (χ4n) is 2.53. The van der Waals surface area contributed by atoms with Crippen molar-refractivity contribution < 1.29 is 9.53 Å². The SMILES string of the molecule is CCOc1ccc(C)cc1C(C)NC(=O)CCn1ccc(=O)[nH]c1=O. The number of amides is 1. The Balaban J connectivity index is 2.01. The molecule has 0 aliphatic rings. The summed E-state index contributed by atoms with van der Waals surface area (Å²) in [6.45, 7) is 6.53. The lowest BCUT2D eigenvalue weighted by molar-refractivity contribution is -0.122. The fourth-order valence-corrected chi connectivity index (χ4v) is 2.53. The van der Waals surface area contributed by atoms with Crippen LogP contribution in [0.4, 0.5) is 0 Å². The van der Waals surface area contributed by atoms with E-state index in [0.717, 1.165) is 16.9 Å². The van der Waals surface area contributed by atoms with Gasteiger partial charge < -0.3 is 14.6 Å². The van der Waals surface area contributed by atoms with Crippen molar-refractivity contribution in [3.8, 4) is 5.75 Å². The molecule has 1 atom stereocenters. The molecule has 7 nitrogen and oxygen atoms in total. The summed E-state index contributed by atoms with van der Waals surface area (Å²) in [5, 5.41) is 2.92. The van der Waals surface area contributed by atoms with Gasteiger partial charge in [-0.15, -0.1) is 0 Å². The molecule has 0 aliphatic heterocycles. The Morgan fingerprint density at radius 1 is 1.32 bits per heavy atom. The molecule has 0 aliphatic carbocycles. The van der Waals surface area contributed by atoms with Crippen LogP contribution in [0.5, 0.6) is 5.75 Å². The summed E-state index contributed by atoms with van der Waals surface area (Å²) in [7, 11) is 0. The highest BCUT2D eigenvalue weighted by Gasteiger charge is 2.14. The van der Waals surface area contributed by atoms with Crippen LogP contribution in [0.3, 0.4) is 0 Å². The first-order chi connectivity index (χ1) is 11.9. The molecule has 1 amide bonds. The number of aromatic nitrogens is 2. The van der Waals surface area contributed by atoms with E-state index >= 15 is 0 Å². The summed E-state index contributed by atoms with van der Waals surface area (Å²) < 4.78 is 6.92. The highest BCUT2D eigenvalue weighted by molar-refractivity contribution is 5.76. The third-order valence-corrected chi connectivity index (χ3v) is 3.79. The molecule has 1 aromatic carbocycles. The van der Waals surface area contributed by atoms with Gasteiger partial charge in [0.25, 0.3) is 5.56 Å². The predicted molar refractivity (Wildman–Crippen MR) is 94.8 cm³/mol. The van der Waals surface area contributed by atoms with Gasteiger partial charge in [-0.3, -0.25) is 14.6 Å². The van der Waals surface area contributed by atoms with E-state index in [1.54, 1.807) is 0 Å². The highest BCUT2D eigenvalue weighted by Crippen LogP contribution is 2.26. The molecule has 0 saturated heterocycles. The lowest BCUT2D eigenvalue weighted by Gasteiger charge is -2.19. The molecule has 0 radical (unpaired) electrons. The van der Waals surface area contributed by atoms with Gasteiger partial charge in [0.2, 0.25) is 5.91 Å². The molecule has 25 heavy (non-hydrogen) atoms. The van der Waals surface area contributed by atoms with E-state index in [-0.39, 0.29) is 24.9 Å². The fraction of sp³-hybridized carbons (Fsp3) is 0.389. The van der Waals surface area contributed by atoms with Crippen LogP contribution in [0.15, 0.2) is 40.1 Å². The van der Waals surface area contributed by atoms with Crippen LogP contribution in [0.2, 0.25) is 0 Å². The molecule has 1 aromatic heterocycles. The molecule has 0 bridgehead atoms. The minimum Gasteiger partial charge on any atom is -0.494 e. The van der Waals surface area contributed by atoms with Gasteiger partial charge in [-0.2, -0.15) is 0 Å². The first kappa shape index (κ1) is 18.5. The van der Waals surface area contributed by atoms with Crippen LogP contribution in [0, 0.1) is 6.92 Å². The summed E-state index contributed by atoms with van der Waals surface area (Å²) in [4.78, 5) is 37.0. The monoisotopic (exact) mass is 345 g/mol. The number of aromatic amines is 1. The van der Waals surface area contributed by atoms with Crippen LogP contribution in [0.25, 0.3) is 0 Å². The first-order valence-electron chi connectivity index (χ1n) is 8.23. The number of hydrogen-bond acceptors (Lipinski definition) is 4. The average Bonchev–Trinajstić information content (AvgIpc) is 2.55. The molecular formula is C18H23N3O4. The minimum atomic E-state index is -0.523. The van der Waals surface area contributed by atoms with Crippen LogP contribution < -0.4 is 21.3 Å². The zero-order valence-electron chi connectivity index (χ0n) is 14.7. The van der Waals surface area contributed by atoms with Crippen LogP contribution in [0.1, 0.15) is 37.4 Å². The molecular weight excluding hydrogens is 322 g/mol. The topological polar surface area (TPSA) is 93.2 Å². The number of hydrogen-bond donors (Lipinski definition) is 2. The van der Waals surface area contributed by atoms with Crippen molar-refractivity contribution in [2.75, 3.05) is 6.61 Å². The molecule has 2 rings (SSSR count). The maximum Gasteiger partial charge on any atom is 0.328 e. The molecule has 1 unspecified atom stereocenters. The van der Waals surface area contributed by atoms with Crippen molar-refractivity contribution in [2.24, 2.45) is 0 Å². The number of ether oxygens (including phenoxy) is 1. The van der Waals surface area contributed by atoms with Crippen LogP contribution in [-0.4, -0.2) is 22.1 Å². The summed E-state index contributed by atoms with van der Waals surface area (Å²) in [6.07, 6.45) is 1.51. The van der Waals surface area contributed by atoms with Crippen molar-refractivity contribution >= 4 is 5.91 Å². The van der Waals surface area contributed by atoms with E-state index in [2.05, 4.69) is 10.3 Å². The Morgan fingerprint density at radius 2 is 2.08 bits per heavy atom. The van der Waals surface area contributed by atoms with Crippen molar-refractivity contribution in [1.29, 1.82) is 0 Å². The van der Waals surface area contributed by atoms with Gasteiger partial charge in [-0.25, -0.2) is 4.79 Å². The van der Waals surface area contributed by atoms with E-state index in [1.165, 1.54) is 16.8 Å². The summed E-state index contributed by atoms with van der Waals surface area (Å²) >= 11 is 0. The predicted octanol–water partition coefficient (Wildman–Crippen LogP) is 1.51. The van der Waals surface area contributed by atoms with E-state index in [1.807, 2.05) is 39.0 Å². The second-order valence-electron chi connectivity index (χ2n) is 5.82. The molecule has 134 valence electrons. The second kappa shape index (κ2) is 8.32. The van der Waals surface area contributed by atoms with E-state index in [0.29, 0.717) is 6.61 Å². The Bertz CT molecular complexity index is 854. The maximum atomic E-state index is 12.2. The maximum absolute atomic E-state index is 12.2. The van der Waals surface area contributed by atoms with Gasteiger partial charge in [0, 0.05) is 30.8 Å². The number of H-pyrrole nitrogens is 1. The number of aryl methyl sites for hydroxylation is 2. The van der Waals surface area contributed by atoms with Crippen LogP contribution >= 0.6 is 0 Å². The summed E-state index contributed by atoms with van der Waals surface area (Å²) in [5.41, 5.74) is 1.02. The standard InChI is InChI=1S/C18H23N3O4/c1-4-25-15-6-5-12(2)11-14(15)13(3)19-16(22)7-9-21-10-8-17(23)20-18(21)24/h5-6,8,10-11,13H,4,7,9H2,1-3H3,(H,19,22)(H,20,23,24). The number of rotatable bonds is 7. The summed E-state index contributed by atoms with van der Waals surface area (Å²) in [5.74, 6) is 0.562. The molecule has 2 N–H and O–H groups in total. The van der Waals surface area contributed by atoms with Gasteiger partial charge in [0.05, 0.1) is 12.6 Å².